The summed E-state index contributed by atoms with van der Waals surface area (Å²) in [4.78, 5) is 2.71. The fourth-order valence-electron chi connectivity index (χ4n) is 4.57. The quantitative estimate of drug-likeness (QED) is 0.837. The Morgan fingerprint density at radius 3 is 2.32 bits per heavy atom. The molecule has 2 aliphatic carbocycles. The summed E-state index contributed by atoms with van der Waals surface area (Å²) in [6.07, 6.45) is 8.82. The summed E-state index contributed by atoms with van der Waals surface area (Å²) in [5.41, 5.74) is 0.526. The van der Waals surface area contributed by atoms with E-state index in [1.165, 1.54) is 32.1 Å². The Morgan fingerprint density at radius 2 is 1.79 bits per heavy atom. The van der Waals surface area contributed by atoms with E-state index in [1.54, 1.807) is 0 Å². The zero-order valence-corrected chi connectivity index (χ0v) is 13.4. The first kappa shape index (κ1) is 15.3. The highest BCUT2D eigenvalue weighted by Crippen LogP contribution is 2.51. The summed E-state index contributed by atoms with van der Waals surface area (Å²) in [6, 6.07) is 1.24. The van der Waals surface area contributed by atoms with Gasteiger partial charge in [0.15, 0.2) is 0 Å². The highest BCUT2D eigenvalue weighted by Gasteiger charge is 2.47. The maximum Gasteiger partial charge on any atom is 0.0555 e. The second-order valence-electron chi connectivity index (χ2n) is 7.33. The molecule has 2 aliphatic rings. The van der Waals surface area contributed by atoms with Gasteiger partial charge in [-0.3, -0.25) is 4.90 Å². The van der Waals surface area contributed by atoms with Crippen LogP contribution in [0, 0.1) is 11.3 Å². The molecule has 1 N–H and O–H groups in total. The molecule has 3 atom stereocenters. The number of aliphatic hydroxyl groups excluding tert-OH is 1. The third-order valence-electron chi connectivity index (χ3n) is 6.03. The lowest BCUT2D eigenvalue weighted by atomic mass is 9.67. The van der Waals surface area contributed by atoms with Gasteiger partial charge in [0.05, 0.1) is 6.10 Å². The van der Waals surface area contributed by atoms with E-state index in [-0.39, 0.29) is 6.10 Å². The van der Waals surface area contributed by atoms with Gasteiger partial charge >= 0.3 is 0 Å². The lowest BCUT2D eigenvalue weighted by molar-refractivity contribution is -0.0455. The Labute approximate surface area is 119 Å². The Morgan fingerprint density at radius 1 is 1.16 bits per heavy atom. The topological polar surface area (TPSA) is 23.5 Å². The molecule has 3 unspecified atom stereocenters. The molecular weight excluding hydrogens is 234 g/mol. The molecule has 2 rings (SSSR count). The molecule has 0 aromatic rings. The number of rotatable bonds is 4. The fourth-order valence-corrected chi connectivity index (χ4v) is 4.57. The summed E-state index contributed by atoms with van der Waals surface area (Å²) >= 11 is 0. The van der Waals surface area contributed by atoms with Gasteiger partial charge in [0.1, 0.15) is 0 Å². The largest absolute Gasteiger partial charge is 0.393 e. The fraction of sp³-hybridized carbons (Fsp3) is 1.00. The van der Waals surface area contributed by atoms with Gasteiger partial charge < -0.3 is 5.11 Å². The number of hydrogen-bond donors (Lipinski definition) is 1. The molecule has 0 aliphatic heterocycles. The third kappa shape index (κ3) is 3.00. The van der Waals surface area contributed by atoms with Crippen LogP contribution < -0.4 is 0 Å². The summed E-state index contributed by atoms with van der Waals surface area (Å²) in [5.74, 6) is 0.692. The first-order chi connectivity index (χ1) is 9.00. The van der Waals surface area contributed by atoms with Crippen molar-refractivity contribution in [1.29, 1.82) is 0 Å². The van der Waals surface area contributed by atoms with Crippen LogP contribution in [0.15, 0.2) is 0 Å². The highest BCUT2D eigenvalue weighted by molar-refractivity contribution is 5.01. The molecule has 2 fully saturated rings. The van der Waals surface area contributed by atoms with Gasteiger partial charge in [-0.25, -0.2) is 0 Å². The normalized spacial score (nSPS) is 32.4. The molecule has 0 aromatic heterocycles. The summed E-state index contributed by atoms with van der Waals surface area (Å²) in [7, 11) is 0. The Kier molecular flexibility index (Phi) is 4.94. The zero-order valence-electron chi connectivity index (χ0n) is 13.4. The van der Waals surface area contributed by atoms with Crippen LogP contribution in [-0.2, 0) is 0 Å². The summed E-state index contributed by atoms with van der Waals surface area (Å²) in [5, 5.41) is 10.2. The average Bonchev–Trinajstić information content (AvgIpc) is 2.84. The molecule has 2 saturated carbocycles. The van der Waals surface area contributed by atoms with Crippen molar-refractivity contribution >= 4 is 0 Å². The van der Waals surface area contributed by atoms with Crippen molar-refractivity contribution in [1.82, 2.24) is 4.90 Å². The van der Waals surface area contributed by atoms with Crippen LogP contribution in [0.1, 0.15) is 72.6 Å². The van der Waals surface area contributed by atoms with Crippen molar-refractivity contribution in [2.24, 2.45) is 11.3 Å². The van der Waals surface area contributed by atoms with E-state index in [9.17, 15) is 5.11 Å². The van der Waals surface area contributed by atoms with E-state index in [1.807, 2.05) is 0 Å². The molecule has 0 heterocycles. The van der Waals surface area contributed by atoms with Crippen LogP contribution >= 0.6 is 0 Å². The van der Waals surface area contributed by atoms with E-state index < -0.39 is 0 Å². The molecule has 0 radical (unpaired) electrons. The van der Waals surface area contributed by atoms with Crippen LogP contribution in [-0.4, -0.2) is 34.7 Å². The number of hydrogen-bond acceptors (Lipinski definition) is 2. The second kappa shape index (κ2) is 6.13. The predicted octanol–water partition coefficient (Wildman–Crippen LogP) is 3.83. The van der Waals surface area contributed by atoms with Crippen LogP contribution in [0.5, 0.6) is 0 Å². The van der Waals surface area contributed by atoms with Crippen molar-refractivity contribution < 1.29 is 5.11 Å². The molecule has 2 heteroatoms. The summed E-state index contributed by atoms with van der Waals surface area (Å²) < 4.78 is 0. The van der Waals surface area contributed by atoms with E-state index in [0.29, 0.717) is 23.4 Å². The standard InChI is InChI=1S/C17H33NO/c1-5-18(14(4)13(2)3)16-12-15(19)8-11-17(16)9-6-7-10-17/h13-16,19H,5-12H2,1-4H3. The SMILES string of the molecule is CCN(C(C)C(C)C)C1CC(O)CCC12CCCC2. The molecule has 112 valence electrons. The van der Waals surface area contributed by atoms with Gasteiger partial charge in [-0.05, 0) is 56.9 Å². The van der Waals surface area contributed by atoms with E-state index in [2.05, 4.69) is 32.6 Å². The Bertz CT molecular complexity index is 283. The lowest BCUT2D eigenvalue weighted by Gasteiger charge is -2.51. The van der Waals surface area contributed by atoms with E-state index in [0.717, 1.165) is 19.4 Å². The minimum atomic E-state index is -0.0652. The first-order valence-corrected chi connectivity index (χ1v) is 8.44. The van der Waals surface area contributed by atoms with Crippen molar-refractivity contribution in [3.05, 3.63) is 0 Å². The molecule has 0 amide bonds. The Hall–Kier alpha value is -0.0800. The van der Waals surface area contributed by atoms with Gasteiger partial charge in [0.2, 0.25) is 0 Å². The van der Waals surface area contributed by atoms with Crippen LogP contribution in [0.3, 0.4) is 0 Å². The molecule has 0 saturated heterocycles. The summed E-state index contributed by atoms with van der Waals surface area (Å²) in [6.45, 7) is 10.4. The smallest absolute Gasteiger partial charge is 0.0555 e. The Balaban J connectivity index is 2.20. The third-order valence-corrected chi connectivity index (χ3v) is 6.03. The van der Waals surface area contributed by atoms with Crippen LogP contribution in [0.2, 0.25) is 0 Å². The van der Waals surface area contributed by atoms with Gasteiger partial charge in [-0.15, -0.1) is 0 Å². The first-order valence-electron chi connectivity index (χ1n) is 8.44. The zero-order chi connectivity index (χ0) is 14.0. The van der Waals surface area contributed by atoms with Gasteiger partial charge in [0, 0.05) is 12.1 Å². The molecule has 0 bridgehead atoms. The minimum absolute atomic E-state index is 0.0652. The van der Waals surface area contributed by atoms with Gasteiger partial charge in [-0.2, -0.15) is 0 Å². The van der Waals surface area contributed by atoms with Crippen molar-refractivity contribution in [2.45, 2.75) is 90.8 Å². The monoisotopic (exact) mass is 267 g/mol. The van der Waals surface area contributed by atoms with E-state index >= 15 is 0 Å². The predicted molar refractivity (Wildman–Crippen MR) is 81.2 cm³/mol. The van der Waals surface area contributed by atoms with Crippen molar-refractivity contribution in [3.63, 3.8) is 0 Å². The molecule has 1 spiro atoms. The van der Waals surface area contributed by atoms with Crippen molar-refractivity contribution in [3.8, 4) is 0 Å². The highest BCUT2D eigenvalue weighted by atomic mass is 16.3. The molecular formula is C17H33NO. The average molecular weight is 267 g/mol. The molecule has 19 heavy (non-hydrogen) atoms. The van der Waals surface area contributed by atoms with Crippen molar-refractivity contribution in [2.75, 3.05) is 6.54 Å². The number of nitrogens with zero attached hydrogens (tertiary/aromatic N) is 1. The minimum Gasteiger partial charge on any atom is -0.393 e. The molecule has 2 nitrogen and oxygen atoms in total. The molecule has 0 aromatic carbocycles. The second-order valence-corrected chi connectivity index (χ2v) is 7.33. The lowest BCUT2D eigenvalue weighted by Crippen LogP contribution is -2.55. The van der Waals surface area contributed by atoms with Crippen LogP contribution in [0.4, 0.5) is 0 Å². The van der Waals surface area contributed by atoms with Gasteiger partial charge in [0.25, 0.3) is 0 Å². The van der Waals surface area contributed by atoms with Gasteiger partial charge in [-0.1, -0.05) is 33.6 Å². The van der Waals surface area contributed by atoms with Crippen LogP contribution in [0.25, 0.3) is 0 Å². The maximum absolute atomic E-state index is 10.2. The van der Waals surface area contributed by atoms with E-state index in [4.69, 9.17) is 0 Å². The maximum atomic E-state index is 10.2. The number of aliphatic hydroxyl groups is 1.